The number of benzene rings is 1. The van der Waals surface area contributed by atoms with E-state index in [9.17, 15) is 8.42 Å². The summed E-state index contributed by atoms with van der Waals surface area (Å²) in [4.78, 5) is 0.285. The monoisotopic (exact) mass is 364 g/mol. The van der Waals surface area contributed by atoms with Crippen LogP contribution in [0, 0.1) is 6.92 Å². The minimum atomic E-state index is -3.51. The molecule has 0 atom stereocenters. The van der Waals surface area contributed by atoms with Gasteiger partial charge < -0.3 is 14.8 Å². The number of nitrogens with zero attached hydrogens (tertiary/aromatic N) is 1. The van der Waals surface area contributed by atoms with Crippen LogP contribution in [0.3, 0.4) is 0 Å². The number of sulfonamides is 1. The number of nitrogens with one attached hydrogen (secondary N) is 1. The summed E-state index contributed by atoms with van der Waals surface area (Å²) in [6.07, 6.45) is 1.64. The highest BCUT2D eigenvalue weighted by Crippen LogP contribution is 2.34. The third-order valence-electron chi connectivity index (χ3n) is 4.16. The average molecular weight is 365 g/mol. The molecule has 1 heterocycles. The Morgan fingerprint density at radius 1 is 1.13 bits per heavy atom. The molecule has 1 aliphatic heterocycles. The van der Waals surface area contributed by atoms with Gasteiger partial charge in [0.1, 0.15) is 0 Å². The number of halogens is 1. The normalized spacial score (nSPS) is 16.7. The van der Waals surface area contributed by atoms with E-state index >= 15 is 0 Å². The van der Waals surface area contributed by atoms with E-state index in [4.69, 9.17) is 9.47 Å². The fourth-order valence-corrected chi connectivity index (χ4v) is 4.46. The molecule has 23 heavy (non-hydrogen) atoms. The second kappa shape index (κ2) is 8.19. The number of hydrogen-bond acceptors (Lipinski definition) is 5. The second-order valence-electron chi connectivity index (χ2n) is 5.44. The predicted molar refractivity (Wildman–Crippen MR) is 92.4 cm³/mol. The van der Waals surface area contributed by atoms with Gasteiger partial charge in [0.05, 0.1) is 19.1 Å². The highest BCUT2D eigenvalue weighted by molar-refractivity contribution is 7.89. The van der Waals surface area contributed by atoms with Crippen LogP contribution >= 0.6 is 12.4 Å². The van der Waals surface area contributed by atoms with E-state index in [-0.39, 0.29) is 17.3 Å². The van der Waals surface area contributed by atoms with Crippen LogP contribution in [0.15, 0.2) is 17.0 Å². The van der Waals surface area contributed by atoms with Gasteiger partial charge >= 0.3 is 0 Å². The molecule has 1 aliphatic rings. The molecule has 0 amide bonds. The molecular formula is C15H25ClN2O4S. The second-order valence-corrected chi connectivity index (χ2v) is 7.35. The van der Waals surface area contributed by atoms with Crippen LogP contribution in [0.4, 0.5) is 0 Å². The summed E-state index contributed by atoms with van der Waals surface area (Å²) in [5, 5.41) is 3.20. The minimum Gasteiger partial charge on any atom is -0.493 e. The van der Waals surface area contributed by atoms with Crippen LogP contribution in [-0.4, -0.2) is 53.1 Å². The van der Waals surface area contributed by atoms with Crippen molar-refractivity contribution in [2.75, 3.05) is 34.4 Å². The largest absolute Gasteiger partial charge is 0.493 e. The van der Waals surface area contributed by atoms with Crippen LogP contribution in [-0.2, 0) is 10.0 Å². The van der Waals surface area contributed by atoms with Crippen molar-refractivity contribution in [3.8, 4) is 11.5 Å². The number of hydrogen-bond donors (Lipinski definition) is 1. The third-order valence-corrected chi connectivity index (χ3v) is 6.20. The summed E-state index contributed by atoms with van der Waals surface area (Å²) in [6, 6.07) is 3.64. The summed E-state index contributed by atoms with van der Waals surface area (Å²) in [7, 11) is 1.44. The molecule has 8 heteroatoms. The Hall–Kier alpha value is -1.02. The zero-order valence-corrected chi connectivity index (χ0v) is 15.6. The smallest absolute Gasteiger partial charge is 0.243 e. The standard InChI is InChI=1S/C15H24N2O4S.ClH/c1-11-9-13(20-3)14(21-4)10-15(11)22(18,19)17-7-5-12(16-2)6-8-17;/h9-10,12,16H,5-8H2,1-4H3;1H. The first-order valence-corrected chi connectivity index (χ1v) is 8.78. The van der Waals surface area contributed by atoms with Gasteiger partial charge in [-0.2, -0.15) is 4.31 Å². The molecule has 1 aromatic carbocycles. The van der Waals surface area contributed by atoms with E-state index < -0.39 is 10.0 Å². The third kappa shape index (κ3) is 4.09. The molecule has 1 fully saturated rings. The molecule has 6 nitrogen and oxygen atoms in total. The Morgan fingerprint density at radius 2 is 1.65 bits per heavy atom. The van der Waals surface area contributed by atoms with Gasteiger partial charge in [-0.3, -0.25) is 0 Å². The molecule has 0 saturated carbocycles. The van der Waals surface area contributed by atoms with Crippen LogP contribution in [0.1, 0.15) is 18.4 Å². The van der Waals surface area contributed by atoms with Gasteiger partial charge in [0, 0.05) is 25.2 Å². The van der Waals surface area contributed by atoms with Gasteiger partial charge in [-0.25, -0.2) is 8.42 Å². The Labute approximate surface area is 144 Å². The molecule has 0 aromatic heterocycles. The number of methoxy groups -OCH3 is 2. The highest BCUT2D eigenvalue weighted by atomic mass is 35.5. The zero-order chi connectivity index (χ0) is 16.3. The van der Waals surface area contributed by atoms with E-state index in [1.165, 1.54) is 14.2 Å². The van der Waals surface area contributed by atoms with E-state index in [2.05, 4.69) is 5.32 Å². The minimum absolute atomic E-state index is 0. The molecule has 0 unspecified atom stereocenters. The number of aryl methyl sites for hydroxylation is 1. The van der Waals surface area contributed by atoms with Crippen molar-refractivity contribution in [3.05, 3.63) is 17.7 Å². The van der Waals surface area contributed by atoms with Crippen molar-refractivity contribution in [2.24, 2.45) is 0 Å². The van der Waals surface area contributed by atoms with E-state index in [1.807, 2.05) is 7.05 Å². The molecule has 0 bridgehead atoms. The Bertz CT molecular complexity index is 629. The molecule has 0 spiro atoms. The van der Waals surface area contributed by atoms with Crippen molar-refractivity contribution in [1.29, 1.82) is 0 Å². The topological polar surface area (TPSA) is 67.9 Å². The molecule has 1 aromatic rings. The van der Waals surface area contributed by atoms with E-state index in [1.54, 1.807) is 23.4 Å². The lowest BCUT2D eigenvalue weighted by molar-refractivity contribution is 0.298. The molecule has 2 rings (SSSR count). The maximum atomic E-state index is 12.9. The fourth-order valence-electron chi connectivity index (χ4n) is 2.76. The lowest BCUT2D eigenvalue weighted by Gasteiger charge is -2.31. The van der Waals surface area contributed by atoms with E-state index in [0.717, 1.165) is 12.8 Å². The molecule has 1 N–H and O–H groups in total. The maximum absolute atomic E-state index is 12.9. The molecule has 132 valence electrons. The number of ether oxygens (including phenoxy) is 2. The van der Waals surface area contributed by atoms with Gasteiger partial charge in [0.2, 0.25) is 10.0 Å². The molecule has 0 aliphatic carbocycles. The molecule has 0 radical (unpaired) electrons. The van der Waals surface area contributed by atoms with Gasteiger partial charge in [0.25, 0.3) is 0 Å². The molecular weight excluding hydrogens is 340 g/mol. The van der Waals surface area contributed by atoms with Crippen molar-refractivity contribution < 1.29 is 17.9 Å². The van der Waals surface area contributed by atoms with Crippen LogP contribution in [0.5, 0.6) is 11.5 Å². The van der Waals surface area contributed by atoms with Crippen molar-refractivity contribution in [3.63, 3.8) is 0 Å². The summed E-state index contributed by atoms with van der Waals surface area (Å²) in [5.74, 6) is 0.963. The number of rotatable bonds is 5. The summed E-state index contributed by atoms with van der Waals surface area (Å²) >= 11 is 0. The Kier molecular flexibility index (Phi) is 7.13. The van der Waals surface area contributed by atoms with Crippen LogP contribution < -0.4 is 14.8 Å². The summed E-state index contributed by atoms with van der Waals surface area (Å²) < 4.78 is 37.8. The zero-order valence-electron chi connectivity index (χ0n) is 14.0. The lowest BCUT2D eigenvalue weighted by Crippen LogP contribution is -2.44. The fraction of sp³-hybridized carbons (Fsp3) is 0.600. The highest BCUT2D eigenvalue weighted by Gasteiger charge is 2.30. The lowest BCUT2D eigenvalue weighted by atomic mass is 10.1. The first kappa shape index (κ1) is 20.0. The summed E-state index contributed by atoms with van der Waals surface area (Å²) in [6.45, 7) is 2.83. The maximum Gasteiger partial charge on any atom is 0.243 e. The van der Waals surface area contributed by atoms with Gasteiger partial charge in [-0.15, -0.1) is 12.4 Å². The SMILES string of the molecule is CNC1CCN(S(=O)(=O)c2cc(OC)c(OC)cc2C)CC1.Cl. The first-order chi connectivity index (χ1) is 10.4. The Balaban J connectivity index is 0.00000264. The summed E-state index contributed by atoms with van der Waals surface area (Å²) in [5.41, 5.74) is 0.661. The van der Waals surface area contributed by atoms with E-state index in [0.29, 0.717) is 36.2 Å². The first-order valence-electron chi connectivity index (χ1n) is 7.34. The predicted octanol–water partition coefficient (Wildman–Crippen LogP) is 1.81. The van der Waals surface area contributed by atoms with Crippen LogP contribution in [0.2, 0.25) is 0 Å². The van der Waals surface area contributed by atoms with Crippen molar-refractivity contribution >= 4 is 22.4 Å². The van der Waals surface area contributed by atoms with Gasteiger partial charge in [0.15, 0.2) is 11.5 Å². The van der Waals surface area contributed by atoms with Crippen molar-refractivity contribution in [2.45, 2.75) is 30.7 Å². The number of piperidine rings is 1. The van der Waals surface area contributed by atoms with Gasteiger partial charge in [-0.1, -0.05) is 0 Å². The average Bonchev–Trinajstić information content (AvgIpc) is 2.54. The van der Waals surface area contributed by atoms with Crippen LogP contribution in [0.25, 0.3) is 0 Å². The van der Waals surface area contributed by atoms with Crippen molar-refractivity contribution in [1.82, 2.24) is 9.62 Å². The van der Waals surface area contributed by atoms with Gasteiger partial charge in [-0.05, 0) is 38.4 Å². The molecule has 1 saturated heterocycles. The Morgan fingerprint density at radius 3 is 2.13 bits per heavy atom. The quantitative estimate of drug-likeness (QED) is 0.863.